The van der Waals surface area contributed by atoms with Crippen molar-refractivity contribution in [1.82, 2.24) is 15.0 Å². The minimum absolute atomic E-state index is 0.0383. The van der Waals surface area contributed by atoms with E-state index < -0.39 is 0 Å². The van der Waals surface area contributed by atoms with Crippen molar-refractivity contribution in [2.75, 3.05) is 55.1 Å². The van der Waals surface area contributed by atoms with E-state index >= 15 is 0 Å². The first-order valence-corrected chi connectivity index (χ1v) is 11.5. The van der Waals surface area contributed by atoms with Gasteiger partial charge in [0.1, 0.15) is 6.07 Å². The van der Waals surface area contributed by atoms with Gasteiger partial charge in [0, 0.05) is 26.2 Å². The highest BCUT2D eigenvalue weighted by Gasteiger charge is 2.20. The van der Waals surface area contributed by atoms with Crippen LogP contribution in [0, 0.1) is 11.3 Å². The molecule has 2 aliphatic rings. The van der Waals surface area contributed by atoms with Gasteiger partial charge in [-0.2, -0.15) is 25.3 Å². The van der Waals surface area contributed by atoms with Crippen LogP contribution in [-0.4, -0.2) is 61.1 Å². The molecule has 10 heteroatoms. The molecule has 33 heavy (non-hydrogen) atoms. The Morgan fingerprint density at radius 2 is 1.61 bits per heavy atom. The minimum atomic E-state index is -0.0383. The van der Waals surface area contributed by atoms with Gasteiger partial charge in [0.2, 0.25) is 17.8 Å². The molecule has 0 spiro atoms. The number of anilines is 3. The van der Waals surface area contributed by atoms with Crippen molar-refractivity contribution in [3.8, 4) is 17.6 Å². The maximum atomic E-state index is 8.71. The van der Waals surface area contributed by atoms with Crippen molar-refractivity contribution in [2.45, 2.75) is 38.5 Å². The van der Waals surface area contributed by atoms with Gasteiger partial charge in [0.15, 0.2) is 18.1 Å². The number of nitriles is 1. The van der Waals surface area contributed by atoms with Crippen LogP contribution in [0.5, 0.6) is 11.5 Å². The summed E-state index contributed by atoms with van der Waals surface area (Å²) in [4.78, 5) is 18.5. The molecule has 0 aliphatic carbocycles. The molecule has 0 unspecified atom stereocenters. The van der Waals surface area contributed by atoms with Gasteiger partial charge >= 0.3 is 0 Å². The molecule has 4 rings (SSSR count). The first kappa shape index (κ1) is 22.6. The predicted molar refractivity (Wildman–Crippen MR) is 127 cm³/mol. The van der Waals surface area contributed by atoms with Crippen molar-refractivity contribution >= 4 is 24.1 Å². The summed E-state index contributed by atoms with van der Waals surface area (Å²) in [7, 11) is 1.56. The molecule has 3 heterocycles. The van der Waals surface area contributed by atoms with Crippen LogP contribution in [0.3, 0.4) is 0 Å². The third-order valence-corrected chi connectivity index (χ3v) is 5.75. The molecular weight excluding hydrogens is 420 g/mol. The molecule has 0 radical (unpaired) electrons. The van der Waals surface area contributed by atoms with E-state index in [4.69, 9.17) is 19.7 Å². The van der Waals surface area contributed by atoms with E-state index in [0.29, 0.717) is 29.3 Å². The first-order valence-electron chi connectivity index (χ1n) is 11.5. The van der Waals surface area contributed by atoms with Crippen LogP contribution in [0.2, 0.25) is 0 Å². The highest BCUT2D eigenvalue weighted by Crippen LogP contribution is 2.27. The molecule has 10 nitrogen and oxygen atoms in total. The Bertz CT molecular complexity index is 958. The number of hydrazone groups is 1. The third kappa shape index (κ3) is 6.00. The van der Waals surface area contributed by atoms with Crippen LogP contribution in [0.15, 0.2) is 23.3 Å². The van der Waals surface area contributed by atoms with E-state index in [1.165, 1.54) is 12.8 Å². The molecule has 0 saturated carbocycles. The number of hydrogen-bond donors (Lipinski definition) is 1. The second kappa shape index (κ2) is 11.3. The summed E-state index contributed by atoms with van der Waals surface area (Å²) in [6, 6.07) is 7.34. The maximum absolute atomic E-state index is 8.71. The second-order valence-corrected chi connectivity index (χ2v) is 8.08. The zero-order chi connectivity index (χ0) is 22.9. The Hall–Kier alpha value is -3.61. The number of methoxy groups -OCH3 is 1. The Labute approximate surface area is 194 Å². The minimum Gasteiger partial charge on any atom is -0.493 e. The van der Waals surface area contributed by atoms with Crippen molar-refractivity contribution in [1.29, 1.82) is 5.26 Å². The first-order chi connectivity index (χ1) is 16.3. The average molecular weight is 451 g/mol. The van der Waals surface area contributed by atoms with Gasteiger partial charge in [-0.25, -0.2) is 5.43 Å². The number of ether oxygens (including phenoxy) is 2. The monoisotopic (exact) mass is 450 g/mol. The summed E-state index contributed by atoms with van der Waals surface area (Å²) >= 11 is 0. The lowest BCUT2D eigenvalue weighted by atomic mass is 10.1. The molecule has 0 amide bonds. The topological polar surface area (TPSA) is 112 Å². The van der Waals surface area contributed by atoms with E-state index in [1.807, 2.05) is 12.1 Å². The number of aromatic nitrogens is 3. The molecule has 2 aliphatic heterocycles. The maximum Gasteiger partial charge on any atom is 0.250 e. The fourth-order valence-electron chi connectivity index (χ4n) is 4.03. The molecule has 2 fully saturated rings. The van der Waals surface area contributed by atoms with Gasteiger partial charge in [0.05, 0.1) is 13.3 Å². The number of rotatable bonds is 8. The SMILES string of the molecule is COc1cc(/C=N/Nc2nc(N3CCCCC3)nc(N3CCCCC3)n2)ccc1OCC#N. The van der Waals surface area contributed by atoms with Crippen LogP contribution in [-0.2, 0) is 0 Å². The lowest BCUT2D eigenvalue weighted by molar-refractivity contribution is 0.329. The van der Waals surface area contributed by atoms with Gasteiger partial charge < -0.3 is 19.3 Å². The van der Waals surface area contributed by atoms with Crippen LogP contribution < -0.4 is 24.7 Å². The van der Waals surface area contributed by atoms with Gasteiger partial charge in [-0.15, -0.1) is 0 Å². The van der Waals surface area contributed by atoms with Gasteiger partial charge in [-0.05, 0) is 62.3 Å². The van der Waals surface area contributed by atoms with Crippen LogP contribution in [0.25, 0.3) is 0 Å². The smallest absolute Gasteiger partial charge is 0.250 e. The molecule has 1 N–H and O–H groups in total. The summed E-state index contributed by atoms with van der Waals surface area (Å²) < 4.78 is 10.7. The number of benzene rings is 1. The van der Waals surface area contributed by atoms with E-state index in [-0.39, 0.29) is 6.61 Å². The third-order valence-electron chi connectivity index (χ3n) is 5.75. The fraction of sp³-hybridized carbons (Fsp3) is 0.522. The Balaban J connectivity index is 1.51. The van der Waals surface area contributed by atoms with E-state index in [1.54, 1.807) is 25.5 Å². The second-order valence-electron chi connectivity index (χ2n) is 8.08. The zero-order valence-corrected chi connectivity index (χ0v) is 19.0. The van der Waals surface area contributed by atoms with Crippen molar-refractivity contribution in [2.24, 2.45) is 5.10 Å². The lowest BCUT2D eigenvalue weighted by Gasteiger charge is -2.30. The predicted octanol–water partition coefficient (Wildman–Crippen LogP) is 3.21. The molecule has 2 aromatic rings. The summed E-state index contributed by atoms with van der Waals surface area (Å²) in [6.45, 7) is 3.82. The standard InChI is InChI=1S/C23H30N8O2/c1-32-20-16-18(8-9-19(20)33-15-10-24)17-25-29-21-26-22(30-11-4-2-5-12-30)28-23(27-21)31-13-6-3-7-14-31/h8-9,16-17H,2-7,11-15H2,1H3,(H,26,27,28,29)/b25-17+. The van der Waals surface area contributed by atoms with Crippen molar-refractivity contribution in [3.05, 3.63) is 23.8 Å². The molecular formula is C23H30N8O2. The molecule has 2 saturated heterocycles. The van der Waals surface area contributed by atoms with Crippen molar-refractivity contribution in [3.63, 3.8) is 0 Å². The molecule has 174 valence electrons. The summed E-state index contributed by atoms with van der Waals surface area (Å²) in [6.07, 6.45) is 8.78. The highest BCUT2D eigenvalue weighted by molar-refractivity contribution is 5.81. The molecule has 1 aromatic heterocycles. The van der Waals surface area contributed by atoms with Crippen LogP contribution >= 0.6 is 0 Å². The Morgan fingerprint density at radius 1 is 0.970 bits per heavy atom. The molecule has 0 atom stereocenters. The normalized spacial score (nSPS) is 16.5. The largest absolute Gasteiger partial charge is 0.493 e. The Morgan fingerprint density at radius 3 is 2.18 bits per heavy atom. The summed E-state index contributed by atoms with van der Waals surface area (Å²) in [5, 5.41) is 13.0. The average Bonchev–Trinajstić information content (AvgIpc) is 2.88. The summed E-state index contributed by atoms with van der Waals surface area (Å²) in [5.41, 5.74) is 3.79. The number of hydrogen-bond acceptors (Lipinski definition) is 10. The van der Waals surface area contributed by atoms with E-state index in [2.05, 4.69) is 30.3 Å². The van der Waals surface area contributed by atoms with Crippen molar-refractivity contribution < 1.29 is 9.47 Å². The molecule has 0 bridgehead atoms. The van der Waals surface area contributed by atoms with E-state index in [9.17, 15) is 0 Å². The number of nitrogens with one attached hydrogen (secondary N) is 1. The fourth-order valence-corrected chi connectivity index (χ4v) is 4.03. The van der Waals surface area contributed by atoms with Gasteiger partial charge in [-0.1, -0.05) is 0 Å². The van der Waals surface area contributed by atoms with Gasteiger partial charge in [0.25, 0.3) is 0 Å². The quantitative estimate of drug-likeness (QED) is 0.478. The summed E-state index contributed by atoms with van der Waals surface area (Å²) in [5.74, 6) is 2.91. The number of nitrogens with zero attached hydrogens (tertiary/aromatic N) is 7. The van der Waals surface area contributed by atoms with E-state index in [0.717, 1.165) is 57.4 Å². The highest BCUT2D eigenvalue weighted by atomic mass is 16.5. The number of piperidine rings is 2. The van der Waals surface area contributed by atoms with Crippen LogP contribution in [0.1, 0.15) is 44.1 Å². The van der Waals surface area contributed by atoms with Gasteiger partial charge in [-0.3, -0.25) is 0 Å². The lowest BCUT2D eigenvalue weighted by Crippen LogP contribution is -2.34. The molecule has 1 aromatic carbocycles. The zero-order valence-electron chi connectivity index (χ0n) is 19.0. The Kier molecular flexibility index (Phi) is 7.74. The van der Waals surface area contributed by atoms with Crippen LogP contribution in [0.4, 0.5) is 17.8 Å².